The second-order valence-electron chi connectivity index (χ2n) is 5.13. The largest absolute Gasteiger partial charge is 0.373 e. The average molecular weight is 255 g/mol. The molecular weight excluding hydrogens is 230 g/mol. The molecule has 1 fully saturated rings. The zero-order valence-electron chi connectivity index (χ0n) is 11.5. The maximum Gasteiger partial charge on any atom is 0.106 e. The van der Waals surface area contributed by atoms with Crippen molar-refractivity contribution in [2.75, 3.05) is 28.2 Å². The van der Waals surface area contributed by atoms with E-state index in [0.29, 0.717) is 6.04 Å². The topological polar surface area (TPSA) is 18.5 Å². The van der Waals surface area contributed by atoms with Crippen LogP contribution in [0.2, 0.25) is 0 Å². The van der Waals surface area contributed by atoms with Crippen molar-refractivity contribution >= 4 is 17.2 Å². The van der Waals surface area contributed by atoms with Gasteiger partial charge in [0, 0.05) is 40.3 Å². The maximum absolute atomic E-state index is 5.41. The van der Waals surface area contributed by atoms with E-state index in [0.717, 1.165) is 10.8 Å². The lowest BCUT2D eigenvalue weighted by atomic mass is 9.95. The zero-order valence-corrected chi connectivity index (χ0v) is 12.3. The predicted molar refractivity (Wildman–Crippen MR) is 78.1 cm³/mol. The van der Waals surface area contributed by atoms with Crippen LogP contribution in [0.4, 0.5) is 0 Å². The van der Waals surface area contributed by atoms with Crippen molar-refractivity contribution in [2.45, 2.75) is 38.1 Å². The second-order valence-corrected chi connectivity index (χ2v) is 5.57. The molecule has 0 amide bonds. The van der Waals surface area contributed by atoms with Gasteiger partial charge in [-0.2, -0.15) is 0 Å². The standard InChI is InChI=1S/C13H25N3S/c1-15(2)13(16(3)4)10-12(17)14-11-8-6-5-7-9-11/h10-11H,5-9H2,1-4H3,(H,14,17). The molecule has 1 aliphatic carbocycles. The first-order valence-electron chi connectivity index (χ1n) is 6.37. The number of nitrogens with one attached hydrogen (secondary N) is 1. The number of rotatable bonds is 4. The summed E-state index contributed by atoms with van der Waals surface area (Å²) in [5, 5.41) is 3.46. The lowest BCUT2D eigenvalue weighted by Gasteiger charge is -2.27. The highest BCUT2D eigenvalue weighted by Crippen LogP contribution is 2.17. The van der Waals surface area contributed by atoms with Gasteiger partial charge >= 0.3 is 0 Å². The lowest BCUT2D eigenvalue weighted by molar-refractivity contribution is 0.343. The third kappa shape index (κ3) is 4.94. The highest BCUT2D eigenvalue weighted by molar-refractivity contribution is 7.80. The van der Waals surface area contributed by atoms with Crippen LogP contribution in [0.25, 0.3) is 0 Å². The van der Waals surface area contributed by atoms with Gasteiger partial charge in [0.15, 0.2) is 0 Å². The minimum Gasteiger partial charge on any atom is -0.373 e. The minimum absolute atomic E-state index is 0.582. The molecule has 0 atom stereocenters. The molecule has 0 heterocycles. The van der Waals surface area contributed by atoms with Gasteiger partial charge < -0.3 is 15.1 Å². The highest BCUT2D eigenvalue weighted by atomic mass is 32.1. The van der Waals surface area contributed by atoms with E-state index in [1.807, 2.05) is 34.3 Å². The van der Waals surface area contributed by atoms with E-state index in [1.165, 1.54) is 32.1 Å². The van der Waals surface area contributed by atoms with Crippen LogP contribution in [0.15, 0.2) is 11.9 Å². The van der Waals surface area contributed by atoms with Gasteiger partial charge in [-0.3, -0.25) is 0 Å². The van der Waals surface area contributed by atoms with Crippen LogP contribution in [0.5, 0.6) is 0 Å². The number of hydrogen-bond acceptors (Lipinski definition) is 3. The van der Waals surface area contributed by atoms with Gasteiger partial charge in [0.1, 0.15) is 10.8 Å². The summed E-state index contributed by atoms with van der Waals surface area (Å²) in [4.78, 5) is 5.01. The molecule has 17 heavy (non-hydrogen) atoms. The summed E-state index contributed by atoms with van der Waals surface area (Å²) in [6.07, 6.45) is 8.60. The van der Waals surface area contributed by atoms with Crippen LogP contribution in [0, 0.1) is 0 Å². The quantitative estimate of drug-likeness (QED) is 0.613. The van der Waals surface area contributed by atoms with Crippen molar-refractivity contribution in [3.05, 3.63) is 11.9 Å². The fourth-order valence-electron chi connectivity index (χ4n) is 2.27. The number of nitrogens with zero attached hydrogens (tertiary/aromatic N) is 2. The van der Waals surface area contributed by atoms with Gasteiger partial charge in [-0.1, -0.05) is 31.5 Å². The Balaban J connectivity index is 2.53. The molecule has 0 spiro atoms. The molecule has 0 aromatic carbocycles. The van der Waals surface area contributed by atoms with Crippen molar-refractivity contribution in [1.29, 1.82) is 0 Å². The third-order valence-corrected chi connectivity index (χ3v) is 3.36. The van der Waals surface area contributed by atoms with Crippen molar-refractivity contribution in [2.24, 2.45) is 0 Å². The summed E-state index contributed by atoms with van der Waals surface area (Å²) in [6.45, 7) is 0. The molecule has 3 nitrogen and oxygen atoms in total. The normalized spacial score (nSPS) is 16.2. The Kier molecular flexibility index (Phi) is 5.75. The van der Waals surface area contributed by atoms with E-state index in [1.54, 1.807) is 0 Å². The van der Waals surface area contributed by atoms with E-state index in [-0.39, 0.29) is 0 Å². The molecule has 1 rings (SSSR count). The van der Waals surface area contributed by atoms with Crippen LogP contribution in [0.3, 0.4) is 0 Å². The summed E-state index contributed by atoms with van der Waals surface area (Å²) in [6, 6.07) is 0.582. The molecule has 98 valence electrons. The van der Waals surface area contributed by atoms with E-state index < -0.39 is 0 Å². The van der Waals surface area contributed by atoms with Crippen molar-refractivity contribution in [1.82, 2.24) is 15.1 Å². The summed E-state index contributed by atoms with van der Waals surface area (Å²) in [7, 11) is 8.15. The SMILES string of the molecule is CN(C)C(=CC(=S)NC1CCCCC1)N(C)C. The van der Waals surface area contributed by atoms with Gasteiger partial charge in [0.05, 0.1) is 0 Å². The van der Waals surface area contributed by atoms with E-state index in [9.17, 15) is 0 Å². The van der Waals surface area contributed by atoms with Gasteiger partial charge in [-0.25, -0.2) is 0 Å². The molecule has 0 saturated heterocycles. The lowest BCUT2D eigenvalue weighted by Crippen LogP contribution is -2.35. The minimum atomic E-state index is 0.582. The summed E-state index contributed by atoms with van der Waals surface area (Å²) in [5.41, 5.74) is 0. The first-order chi connectivity index (χ1) is 8.00. The van der Waals surface area contributed by atoms with Crippen LogP contribution in [-0.2, 0) is 0 Å². The fraction of sp³-hybridized carbons (Fsp3) is 0.769. The molecule has 0 aromatic heterocycles. The Morgan fingerprint density at radius 2 is 1.59 bits per heavy atom. The smallest absolute Gasteiger partial charge is 0.106 e. The van der Waals surface area contributed by atoms with Gasteiger partial charge in [0.2, 0.25) is 0 Å². The zero-order chi connectivity index (χ0) is 12.8. The Labute approximate surface area is 111 Å². The summed E-state index contributed by atoms with van der Waals surface area (Å²) < 4.78 is 0. The fourth-order valence-corrected chi connectivity index (χ4v) is 2.54. The molecule has 1 saturated carbocycles. The van der Waals surface area contributed by atoms with Crippen LogP contribution >= 0.6 is 12.2 Å². The molecule has 1 N–H and O–H groups in total. The molecule has 0 aromatic rings. The average Bonchev–Trinajstić information content (AvgIpc) is 2.26. The Morgan fingerprint density at radius 3 is 2.06 bits per heavy atom. The summed E-state index contributed by atoms with van der Waals surface area (Å²) in [5.74, 6) is 1.12. The molecule has 0 bridgehead atoms. The summed E-state index contributed by atoms with van der Waals surface area (Å²) >= 11 is 5.41. The molecule has 0 unspecified atom stereocenters. The van der Waals surface area contributed by atoms with Gasteiger partial charge in [0.25, 0.3) is 0 Å². The predicted octanol–water partition coefficient (Wildman–Crippen LogP) is 2.20. The third-order valence-electron chi connectivity index (χ3n) is 3.13. The Bertz CT molecular complexity index is 268. The number of thiocarbonyl (C=S) groups is 1. The van der Waals surface area contributed by atoms with Crippen molar-refractivity contribution in [3.8, 4) is 0 Å². The second kappa shape index (κ2) is 6.84. The van der Waals surface area contributed by atoms with E-state index in [2.05, 4.69) is 15.1 Å². The first kappa shape index (κ1) is 14.3. The molecule has 4 heteroatoms. The van der Waals surface area contributed by atoms with Crippen LogP contribution < -0.4 is 5.32 Å². The first-order valence-corrected chi connectivity index (χ1v) is 6.78. The van der Waals surface area contributed by atoms with Gasteiger partial charge in [-0.05, 0) is 12.8 Å². The Hall–Kier alpha value is -0.770. The van der Waals surface area contributed by atoms with E-state index >= 15 is 0 Å². The van der Waals surface area contributed by atoms with Crippen molar-refractivity contribution < 1.29 is 0 Å². The van der Waals surface area contributed by atoms with Crippen molar-refractivity contribution in [3.63, 3.8) is 0 Å². The van der Waals surface area contributed by atoms with Crippen LogP contribution in [-0.4, -0.2) is 49.0 Å². The van der Waals surface area contributed by atoms with E-state index in [4.69, 9.17) is 12.2 Å². The Morgan fingerprint density at radius 1 is 1.06 bits per heavy atom. The molecule has 0 aliphatic heterocycles. The maximum atomic E-state index is 5.41. The molecule has 0 radical (unpaired) electrons. The molecular formula is C13H25N3S. The monoisotopic (exact) mass is 255 g/mol. The number of hydrogen-bond donors (Lipinski definition) is 1. The van der Waals surface area contributed by atoms with Gasteiger partial charge in [-0.15, -0.1) is 0 Å². The van der Waals surface area contributed by atoms with Crippen LogP contribution in [0.1, 0.15) is 32.1 Å². The highest BCUT2D eigenvalue weighted by Gasteiger charge is 2.13. The molecule has 1 aliphatic rings.